The topological polar surface area (TPSA) is 75.9 Å². The second kappa shape index (κ2) is 6.49. The first-order valence-corrected chi connectivity index (χ1v) is 6.35. The van der Waals surface area contributed by atoms with Gasteiger partial charge in [-0.25, -0.2) is 15.2 Å². The van der Waals surface area contributed by atoms with Crippen molar-refractivity contribution < 1.29 is 4.39 Å². The molecule has 1 atom stereocenters. The van der Waals surface area contributed by atoms with Gasteiger partial charge in [0.25, 0.3) is 0 Å². The zero-order chi connectivity index (χ0) is 12.0. The third-order valence-electron chi connectivity index (χ3n) is 2.07. The van der Waals surface area contributed by atoms with Gasteiger partial charge in [-0.15, -0.1) is 0 Å². The predicted molar refractivity (Wildman–Crippen MR) is 65.9 cm³/mol. The Morgan fingerprint density at radius 2 is 2.38 bits per heavy atom. The van der Waals surface area contributed by atoms with Crippen molar-refractivity contribution in [3.05, 3.63) is 12.0 Å². The third kappa shape index (κ3) is 3.49. The third-order valence-corrected chi connectivity index (χ3v) is 2.81. The van der Waals surface area contributed by atoms with Crippen molar-refractivity contribution in [3.63, 3.8) is 0 Å². The highest BCUT2D eigenvalue weighted by atomic mass is 32.2. The molecule has 0 amide bonds. The van der Waals surface area contributed by atoms with Crippen LogP contribution in [0.25, 0.3) is 0 Å². The van der Waals surface area contributed by atoms with Gasteiger partial charge in [-0.2, -0.15) is 16.7 Å². The number of nitrogens with zero attached hydrogens (tertiary/aromatic N) is 2. The van der Waals surface area contributed by atoms with E-state index in [-0.39, 0.29) is 17.8 Å². The van der Waals surface area contributed by atoms with Gasteiger partial charge in [-0.3, -0.25) is 5.43 Å². The summed E-state index contributed by atoms with van der Waals surface area (Å²) in [7, 11) is 0. The lowest BCUT2D eigenvalue weighted by Crippen LogP contribution is -2.23. The van der Waals surface area contributed by atoms with E-state index in [2.05, 4.69) is 20.7 Å². The second-order valence-corrected chi connectivity index (χ2v) is 4.15. The van der Waals surface area contributed by atoms with Crippen LogP contribution in [0.3, 0.4) is 0 Å². The number of thioether (sulfide) groups is 1. The molecule has 1 aromatic heterocycles. The van der Waals surface area contributed by atoms with E-state index in [0.717, 1.165) is 18.4 Å². The number of hydrogen-bond acceptors (Lipinski definition) is 6. The Balaban J connectivity index is 2.77. The first-order valence-electron chi connectivity index (χ1n) is 4.95. The Morgan fingerprint density at radius 1 is 1.62 bits per heavy atom. The number of hydrogen-bond donors (Lipinski definition) is 3. The Morgan fingerprint density at radius 3 is 2.94 bits per heavy atom. The summed E-state index contributed by atoms with van der Waals surface area (Å²) in [4.78, 5) is 7.59. The maximum atomic E-state index is 13.4. The molecule has 0 aromatic carbocycles. The van der Waals surface area contributed by atoms with Gasteiger partial charge in [0.2, 0.25) is 5.95 Å². The molecule has 0 fully saturated rings. The quantitative estimate of drug-likeness (QED) is 0.520. The van der Waals surface area contributed by atoms with Crippen LogP contribution in [0.15, 0.2) is 6.20 Å². The van der Waals surface area contributed by atoms with Gasteiger partial charge in [0.1, 0.15) is 0 Å². The number of nitrogens with two attached hydrogens (primary N) is 1. The Bertz CT molecular complexity index is 336. The minimum Gasteiger partial charge on any atom is -0.364 e. The van der Waals surface area contributed by atoms with Crippen LogP contribution in [0.2, 0.25) is 0 Å². The number of rotatable bonds is 6. The first kappa shape index (κ1) is 13.0. The molecule has 0 radical (unpaired) electrons. The second-order valence-electron chi connectivity index (χ2n) is 3.24. The van der Waals surface area contributed by atoms with Crippen molar-refractivity contribution in [2.45, 2.75) is 19.4 Å². The fourth-order valence-corrected chi connectivity index (χ4v) is 1.92. The summed E-state index contributed by atoms with van der Waals surface area (Å²) in [6.07, 6.45) is 4.00. The van der Waals surface area contributed by atoms with Crippen LogP contribution >= 0.6 is 11.8 Å². The smallest absolute Gasteiger partial charge is 0.239 e. The highest BCUT2D eigenvalue weighted by molar-refractivity contribution is 7.98. The van der Waals surface area contributed by atoms with Gasteiger partial charge in [-0.05, 0) is 12.7 Å². The van der Waals surface area contributed by atoms with E-state index in [1.54, 1.807) is 11.8 Å². The molecule has 5 nitrogen and oxygen atoms in total. The van der Waals surface area contributed by atoms with Crippen molar-refractivity contribution >= 4 is 23.5 Å². The molecule has 0 bridgehead atoms. The van der Waals surface area contributed by atoms with Crippen LogP contribution in [0.5, 0.6) is 0 Å². The zero-order valence-corrected chi connectivity index (χ0v) is 10.1. The highest BCUT2D eigenvalue weighted by Crippen LogP contribution is 2.14. The molecule has 1 rings (SSSR count). The van der Waals surface area contributed by atoms with Crippen LogP contribution in [-0.4, -0.2) is 28.0 Å². The van der Waals surface area contributed by atoms with Gasteiger partial charge >= 0.3 is 0 Å². The summed E-state index contributed by atoms with van der Waals surface area (Å²) in [5.41, 5.74) is 2.28. The lowest BCUT2D eigenvalue weighted by molar-refractivity contribution is 0.612. The van der Waals surface area contributed by atoms with E-state index in [4.69, 9.17) is 5.84 Å². The van der Waals surface area contributed by atoms with Crippen molar-refractivity contribution in [2.75, 3.05) is 22.8 Å². The number of nitrogen functional groups attached to an aromatic ring is 1. The van der Waals surface area contributed by atoms with Crippen molar-refractivity contribution in [2.24, 2.45) is 5.84 Å². The SMILES string of the molecule is CCC(CSC)Nc1nc(NN)ncc1F. The summed E-state index contributed by atoms with van der Waals surface area (Å²) in [6, 6.07) is 0.185. The number of hydrazine groups is 1. The van der Waals surface area contributed by atoms with Crippen LogP contribution in [0.4, 0.5) is 16.2 Å². The van der Waals surface area contributed by atoms with Gasteiger partial charge in [0.05, 0.1) is 6.20 Å². The van der Waals surface area contributed by atoms with Gasteiger partial charge in [-0.1, -0.05) is 6.92 Å². The van der Waals surface area contributed by atoms with Crippen LogP contribution in [-0.2, 0) is 0 Å². The summed E-state index contributed by atoms with van der Waals surface area (Å²) in [5, 5.41) is 3.03. The number of anilines is 2. The average Bonchev–Trinajstić information content (AvgIpc) is 2.31. The van der Waals surface area contributed by atoms with Gasteiger partial charge < -0.3 is 5.32 Å². The largest absolute Gasteiger partial charge is 0.364 e. The lowest BCUT2D eigenvalue weighted by atomic mass is 10.2. The van der Waals surface area contributed by atoms with E-state index in [0.29, 0.717) is 0 Å². The fourth-order valence-electron chi connectivity index (χ4n) is 1.19. The molecular weight excluding hydrogens is 229 g/mol. The fraction of sp³-hybridized carbons (Fsp3) is 0.556. The van der Waals surface area contributed by atoms with E-state index in [1.807, 2.05) is 13.2 Å². The van der Waals surface area contributed by atoms with E-state index in [1.165, 1.54) is 0 Å². The molecule has 1 aromatic rings. The average molecular weight is 245 g/mol. The summed E-state index contributed by atoms with van der Waals surface area (Å²) >= 11 is 1.70. The molecule has 90 valence electrons. The molecule has 0 spiro atoms. The summed E-state index contributed by atoms with van der Waals surface area (Å²) in [6.45, 7) is 2.04. The summed E-state index contributed by atoms with van der Waals surface area (Å²) in [5.74, 6) is 5.96. The van der Waals surface area contributed by atoms with Gasteiger partial charge in [0.15, 0.2) is 11.6 Å². The maximum Gasteiger partial charge on any atom is 0.239 e. The zero-order valence-electron chi connectivity index (χ0n) is 9.33. The normalized spacial score (nSPS) is 12.2. The van der Waals surface area contributed by atoms with Crippen molar-refractivity contribution in [1.82, 2.24) is 9.97 Å². The van der Waals surface area contributed by atoms with E-state index >= 15 is 0 Å². The molecule has 7 heteroatoms. The first-order chi connectivity index (χ1) is 7.71. The molecule has 4 N–H and O–H groups in total. The Hall–Kier alpha value is -1.08. The molecule has 16 heavy (non-hydrogen) atoms. The number of halogens is 1. The van der Waals surface area contributed by atoms with Crippen molar-refractivity contribution in [3.8, 4) is 0 Å². The minimum atomic E-state index is -0.474. The molecule has 0 saturated carbocycles. The van der Waals surface area contributed by atoms with E-state index in [9.17, 15) is 4.39 Å². The molecule has 0 saturated heterocycles. The van der Waals surface area contributed by atoms with Crippen LogP contribution in [0, 0.1) is 5.82 Å². The predicted octanol–water partition coefficient (Wildman–Crippen LogP) is 1.45. The Labute approximate surface area is 98.4 Å². The van der Waals surface area contributed by atoms with Gasteiger partial charge in [0, 0.05) is 11.8 Å². The molecule has 1 heterocycles. The number of aromatic nitrogens is 2. The molecule has 1 unspecified atom stereocenters. The Kier molecular flexibility index (Phi) is 5.27. The monoisotopic (exact) mass is 245 g/mol. The molecule has 0 aliphatic carbocycles. The molecule has 0 aliphatic rings. The van der Waals surface area contributed by atoms with Crippen LogP contribution < -0.4 is 16.6 Å². The molecular formula is C9H16FN5S. The van der Waals surface area contributed by atoms with E-state index < -0.39 is 5.82 Å². The van der Waals surface area contributed by atoms with Crippen LogP contribution in [0.1, 0.15) is 13.3 Å². The summed E-state index contributed by atoms with van der Waals surface area (Å²) < 4.78 is 13.4. The maximum absolute atomic E-state index is 13.4. The molecule has 0 aliphatic heterocycles. The highest BCUT2D eigenvalue weighted by Gasteiger charge is 2.11. The number of nitrogens with one attached hydrogen (secondary N) is 2. The standard InChI is InChI=1S/C9H16FN5S/c1-3-6(5-16-2)13-8-7(10)4-12-9(14-8)15-11/h4,6H,3,5,11H2,1-2H3,(H2,12,13,14,15). The lowest BCUT2D eigenvalue weighted by Gasteiger charge is -2.16. The minimum absolute atomic E-state index is 0.184. The van der Waals surface area contributed by atoms with Crippen molar-refractivity contribution in [1.29, 1.82) is 0 Å².